The second kappa shape index (κ2) is 7.90. The minimum atomic E-state index is -0.822. The lowest BCUT2D eigenvalue weighted by Gasteiger charge is -2.19. The average Bonchev–Trinajstić information content (AvgIpc) is 2.38. The van der Waals surface area contributed by atoms with Gasteiger partial charge in [-0.05, 0) is 19.3 Å². The Bertz CT molecular complexity index is 309. The minimum absolute atomic E-state index is 0.216. The maximum Gasteiger partial charge on any atom is 0.312 e. The van der Waals surface area contributed by atoms with E-state index >= 15 is 0 Å². The molecule has 0 aromatic heterocycles. The van der Waals surface area contributed by atoms with Crippen LogP contribution in [0.15, 0.2) is 12.2 Å². The molecular weight excluding hydrogens is 232 g/mol. The van der Waals surface area contributed by atoms with Gasteiger partial charge in [0.2, 0.25) is 0 Å². The Kier molecular flexibility index (Phi) is 6.47. The van der Waals surface area contributed by atoms with E-state index in [9.17, 15) is 9.59 Å². The highest BCUT2D eigenvalue weighted by atomic mass is 16.5. The van der Waals surface area contributed by atoms with Gasteiger partial charge in [0, 0.05) is 0 Å². The zero-order chi connectivity index (χ0) is 13.4. The maximum atomic E-state index is 11.7. The normalized spacial score (nSPS) is 22.7. The van der Waals surface area contributed by atoms with Gasteiger partial charge in [0.25, 0.3) is 0 Å². The second-order valence-corrected chi connectivity index (χ2v) is 4.74. The summed E-state index contributed by atoms with van der Waals surface area (Å²) in [6.45, 7) is 2.61. The zero-order valence-corrected chi connectivity index (χ0v) is 10.9. The lowest BCUT2D eigenvalue weighted by Crippen LogP contribution is -2.23. The first-order valence-corrected chi connectivity index (χ1v) is 6.73. The Morgan fingerprint density at radius 3 is 2.39 bits per heavy atom. The van der Waals surface area contributed by atoms with Crippen LogP contribution in [0.5, 0.6) is 0 Å². The molecule has 4 heteroatoms. The van der Waals surface area contributed by atoms with Crippen molar-refractivity contribution < 1.29 is 19.4 Å². The van der Waals surface area contributed by atoms with Crippen LogP contribution in [0.1, 0.15) is 45.4 Å². The van der Waals surface area contributed by atoms with Crippen LogP contribution in [0.4, 0.5) is 0 Å². The van der Waals surface area contributed by atoms with Crippen molar-refractivity contribution in [2.24, 2.45) is 11.8 Å². The van der Waals surface area contributed by atoms with Crippen molar-refractivity contribution >= 4 is 11.9 Å². The first-order chi connectivity index (χ1) is 8.65. The third-order valence-corrected chi connectivity index (χ3v) is 3.23. The summed E-state index contributed by atoms with van der Waals surface area (Å²) in [4.78, 5) is 22.4. The molecule has 1 N–H and O–H groups in total. The summed E-state index contributed by atoms with van der Waals surface area (Å²) in [6.07, 6.45) is 8.70. The highest BCUT2D eigenvalue weighted by Gasteiger charge is 2.25. The van der Waals surface area contributed by atoms with Crippen LogP contribution in [0.25, 0.3) is 0 Å². The molecule has 0 saturated heterocycles. The fraction of sp³-hybridized carbons (Fsp3) is 0.714. The van der Waals surface area contributed by atoms with Gasteiger partial charge in [-0.15, -0.1) is 0 Å². The average molecular weight is 254 g/mol. The van der Waals surface area contributed by atoms with Gasteiger partial charge < -0.3 is 9.84 Å². The summed E-state index contributed by atoms with van der Waals surface area (Å²) in [6, 6.07) is 0. The van der Waals surface area contributed by atoms with E-state index in [4.69, 9.17) is 9.84 Å². The van der Waals surface area contributed by atoms with Crippen molar-refractivity contribution in [1.29, 1.82) is 0 Å². The zero-order valence-electron chi connectivity index (χ0n) is 10.9. The quantitative estimate of drug-likeness (QED) is 0.431. The van der Waals surface area contributed by atoms with Crippen molar-refractivity contribution in [2.45, 2.75) is 45.4 Å². The van der Waals surface area contributed by atoms with Crippen LogP contribution in [0.3, 0.4) is 0 Å². The molecule has 18 heavy (non-hydrogen) atoms. The van der Waals surface area contributed by atoms with E-state index < -0.39 is 11.9 Å². The van der Waals surface area contributed by atoms with Gasteiger partial charge in [-0.3, -0.25) is 9.59 Å². The lowest BCUT2D eigenvalue weighted by atomic mass is 9.89. The molecule has 0 saturated carbocycles. The first-order valence-electron chi connectivity index (χ1n) is 6.73. The summed E-state index contributed by atoms with van der Waals surface area (Å²) in [5.74, 6) is -1.74. The van der Waals surface area contributed by atoms with Gasteiger partial charge in [-0.25, -0.2) is 0 Å². The Morgan fingerprint density at radius 1 is 1.17 bits per heavy atom. The first kappa shape index (κ1) is 14.7. The molecule has 0 aliphatic heterocycles. The molecular formula is C14H22O4. The van der Waals surface area contributed by atoms with Crippen molar-refractivity contribution in [2.75, 3.05) is 6.61 Å². The number of carbonyl (C=O) groups excluding carboxylic acids is 1. The summed E-state index contributed by atoms with van der Waals surface area (Å²) < 4.78 is 5.19. The molecule has 1 aliphatic carbocycles. The second-order valence-electron chi connectivity index (χ2n) is 4.74. The van der Waals surface area contributed by atoms with E-state index in [1.54, 1.807) is 12.2 Å². The van der Waals surface area contributed by atoms with Crippen molar-refractivity contribution in [1.82, 2.24) is 0 Å². The number of carboxylic acids is 1. The number of hydrogen-bond acceptors (Lipinski definition) is 3. The maximum absolute atomic E-state index is 11.7. The fourth-order valence-electron chi connectivity index (χ4n) is 2.03. The summed E-state index contributed by atoms with van der Waals surface area (Å²) >= 11 is 0. The van der Waals surface area contributed by atoms with Crippen LogP contribution in [0.2, 0.25) is 0 Å². The van der Waals surface area contributed by atoms with Crippen LogP contribution < -0.4 is 0 Å². The number of unbranched alkanes of at least 4 members (excludes halogenated alkanes) is 3. The monoisotopic (exact) mass is 254 g/mol. The highest BCUT2D eigenvalue weighted by Crippen LogP contribution is 2.23. The Balaban J connectivity index is 2.23. The Morgan fingerprint density at radius 2 is 1.83 bits per heavy atom. The lowest BCUT2D eigenvalue weighted by molar-refractivity contribution is -0.148. The molecule has 4 nitrogen and oxygen atoms in total. The van der Waals surface area contributed by atoms with Crippen LogP contribution in [0, 0.1) is 11.8 Å². The van der Waals surface area contributed by atoms with E-state index in [1.165, 1.54) is 6.42 Å². The van der Waals surface area contributed by atoms with E-state index in [-0.39, 0.29) is 11.9 Å². The van der Waals surface area contributed by atoms with Gasteiger partial charge in [-0.1, -0.05) is 38.3 Å². The molecule has 0 radical (unpaired) electrons. The van der Waals surface area contributed by atoms with E-state index in [2.05, 4.69) is 6.92 Å². The molecule has 0 aromatic rings. The van der Waals surface area contributed by atoms with E-state index in [0.717, 1.165) is 19.3 Å². The molecule has 1 aliphatic rings. The van der Waals surface area contributed by atoms with Gasteiger partial charge >= 0.3 is 11.9 Å². The Labute approximate surface area is 108 Å². The number of esters is 1. The highest BCUT2D eigenvalue weighted by molar-refractivity contribution is 5.77. The number of ether oxygens (including phenoxy) is 1. The van der Waals surface area contributed by atoms with Gasteiger partial charge in [0.1, 0.15) is 0 Å². The van der Waals surface area contributed by atoms with Crippen LogP contribution in [-0.2, 0) is 14.3 Å². The number of carbonyl (C=O) groups is 2. The predicted molar refractivity (Wildman–Crippen MR) is 68.1 cm³/mol. The predicted octanol–water partition coefficient (Wildman–Crippen LogP) is 2.78. The van der Waals surface area contributed by atoms with Crippen LogP contribution in [-0.4, -0.2) is 23.7 Å². The minimum Gasteiger partial charge on any atom is -0.481 e. The number of hydrogen-bond donors (Lipinski definition) is 1. The van der Waals surface area contributed by atoms with Gasteiger partial charge in [0.15, 0.2) is 0 Å². The third kappa shape index (κ3) is 4.90. The smallest absolute Gasteiger partial charge is 0.312 e. The number of aliphatic carboxylic acids is 1. The fourth-order valence-corrected chi connectivity index (χ4v) is 2.03. The van der Waals surface area contributed by atoms with Gasteiger partial charge in [0.05, 0.1) is 18.4 Å². The Hall–Kier alpha value is -1.32. The molecule has 2 atom stereocenters. The number of rotatable bonds is 7. The van der Waals surface area contributed by atoms with Crippen molar-refractivity contribution in [3.8, 4) is 0 Å². The van der Waals surface area contributed by atoms with Crippen molar-refractivity contribution in [3.63, 3.8) is 0 Å². The molecule has 1 rings (SSSR count). The molecule has 0 bridgehead atoms. The molecule has 0 aromatic carbocycles. The van der Waals surface area contributed by atoms with Crippen molar-refractivity contribution in [3.05, 3.63) is 12.2 Å². The molecule has 2 unspecified atom stereocenters. The number of carboxylic acid groups (broad SMARTS) is 1. The molecule has 102 valence electrons. The topological polar surface area (TPSA) is 63.6 Å². The summed E-state index contributed by atoms with van der Waals surface area (Å²) in [5.41, 5.74) is 0. The van der Waals surface area contributed by atoms with Gasteiger partial charge in [-0.2, -0.15) is 0 Å². The van der Waals surface area contributed by atoms with E-state index in [0.29, 0.717) is 19.4 Å². The largest absolute Gasteiger partial charge is 0.481 e. The summed E-state index contributed by atoms with van der Waals surface area (Å²) in [5, 5.41) is 8.82. The summed E-state index contributed by atoms with van der Waals surface area (Å²) in [7, 11) is 0. The standard InChI is InChI=1S/C14H22O4/c1-2-3-4-5-10-18-14(17)12-8-6-11(7-9-12)13(15)16/h6,8,11-12H,2-5,7,9-10H2,1H3,(H,15,16). The molecule has 0 spiro atoms. The molecule has 0 amide bonds. The molecule has 0 heterocycles. The SMILES string of the molecule is CCCCCCOC(=O)C1C=CC(C(=O)O)CC1. The molecule has 0 fully saturated rings. The van der Waals surface area contributed by atoms with E-state index in [1.807, 2.05) is 0 Å². The third-order valence-electron chi connectivity index (χ3n) is 3.23. The van der Waals surface area contributed by atoms with Crippen LogP contribution >= 0.6 is 0 Å².